The second kappa shape index (κ2) is 5.55. The predicted octanol–water partition coefficient (Wildman–Crippen LogP) is 0.562. The molecule has 2 heterocycles. The lowest BCUT2D eigenvalue weighted by atomic mass is 10.4. The first kappa shape index (κ1) is 11.7. The number of anilines is 2. The van der Waals surface area contributed by atoms with E-state index in [0.29, 0.717) is 30.6 Å². The fraction of sp³-hybridized carbons (Fsp3) is 0.250. The van der Waals surface area contributed by atoms with Crippen molar-refractivity contribution >= 4 is 27.7 Å². The van der Waals surface area contributed by atoms with Gasteiger partial charge < -0.3 is 9.84 Å². The van der Waals surface area contributed by atoms with E-state index in [4.69, 9.17) is 5.84 Å². The molecule has 0 aromatic carbocycles. The van der Waals surface area contributed by atoms with E-state index in [1.54, 1.807) is 6.20 Å². The second-order valence-electron chi connectivity index (χ2n) is 3.06. The zero-order valence-corrected chi connectivity index (χ0v) is 10.3. The molecule has 0 saturated heterocycles. The highest BCUT2D eigenvalue weighted by Gasteiger charge is 2.04. The zero-order chi connectivity index (χ0) is 12.1. The van der Waals surface area contributed by atoms with E-state index in [-0.39, 0.29) is 0 Å². The summed E-state index contributed by atoms with van der Waals surface area (Å²) < 4.78 is 5.38. The number of nitrogens with two attached hydrogens (primary N) is 1. The Morgan fingerprint density at radius 1 is 1.41 bits per heavy atom. The molecule has 0 aliphatic heterocycles. The number of hydrogen-bond acceptors (Lipinski definition) is 8. The molecule has 0 spiro atoms. The van der Waals surface area contributed by atoms with E-state index in [9.17, 15) is 0 Å². The van der Waals surface area contributed by atoms with Gasteiger partial charge in [0.15, 0.2) is 5.82 Å². The van der Waals surface area contributed by atoms with Gasteiger partial charge in [-0.1, -0.05) is 5.16 Å². The van der Waals surface area contributed by atoms with Gasteiger partial charge in [0.25, 0.3) is 0 Å². The summed E-state index contributed by atoms with van der Waals surface area (Å²) in [7, 11) is 0. The molecule has 9 heteroatoms. The fourth-order valence-electron chi connectivity index (χ4n) is 1.16. The lowest BCUT2D eigenvalue weighted by molar-refractivity contribution is 0.410. The van der Waals surface area contributed by atoms with Crippen molar-refractivity contribution in [3.8, 4) is 0 Å². The molecular formula is C8H10BrN7O. The van der Waals surface area contributed by atoms with Gasteiger partial charge in [-0.25, -0.2) is 10.8 Å². The highest BCUT2D eigenvalue weighted by atomic mass is 79.9. The van der Waals surface area contributed by atoms with Gasteiger partial charge in [0.2, 0.25) is 12.3 Å². The minimum absolute atomic E-state index is 0.343. The molecule has 0 aliphatic rings. The molecule has 0 fully saturated rings. The number of hydrogen-bond donors (Lipinski definition) is 3. The third-order valence-electron chi connectivity index (χ3n) is 1.92. The molecule has 2 aromatic heterocycles. The lowest BCUT2D eigenvalue weighted by Crippen LogP contribution is -2.13. The smallest absolute Gasteiger partial charge is 0.239 e. The number of halogens is 1. The number of hydrazine groups is 1. The topological polar surface area (TPSA) is 115 Å². The van der Waals surface area contributed by atoms with Crippen LogP contribution in [0.1, 0.15) is 5.82 Å². The van der Waals surface area contributed by atoms with Gasteiger partial charge in [0, 0.05) is 19.2 Å². The minimum Gasteiger partial charge on any atom is -0.369 e. The molecule has 4 N–H and O–H groups in total. The maximum absolute atomic E-state index is 5.22. The van der Waals surface area contributed by atoms with Crippen LogP contribution in [0.4, 0.5) is 11.8 Å². The number of nitrogens with one attached hydrogen (secondary N) is 2. The molecule has 2 rings (SSSR count). The summed E-state index contributed by atoms with van der Waals surface area (Å²) in [6.45, 7) is 0.624. The van der Waals surface area contributed by atoms with Crippen LogP contribution < -0.4 is 16.6 Å². The normalized spacial score (nSPS) is 10.2. The monoisotopic (exact) mass is 299 g/mol. The summed E-state index contributed by atoms with van der Waals surface area (Å²) in [5, 5.41) is 6.81. The van der Waals surface area contributed by atoms with Crippen LogP contribution in [0.15, 0.2) is 21.6 Å². The van der Waals surface area contributed by atoms with Crippen LogP contribution in [0.5, 0.6) is 0 Å². The Labute approximate surface area is 105 Å². The van der Waals surface area contributed by atoms with Crippen molar-refractivity contribution in [2.24, 2.45) is 5.84 Å². The first-order chi connectivity index (χ1) is 8.29. The summed E-state index contributed by atoms with van der Waals surface area (Å²) in [5.41, 5.74) is 2.38. The Kier molecular flexibility index (Phi) is 3.83. The first-order valence-corrected chi connectivity index (χ1v) is 5.57. The molecule has 90 valence electrons. The SMILES string of the molecule is NNc1ncc(Br)c(NCCc2ncon2)n1. The Morgan fingerprint density at radius 2 is 2.29 bits per heavy atom. The van der Waals surface area contributed by atoms with Gasteiger partial charge >= 0.3 is 0 Å². The first-order valence-electron chi connectivity index (χ1n) is 4.78. The molecule has 0 saturated carbocycles. The lowest BCUT2D eigenvalue weighted by Gasteiger charge is -2.07. The highest BCUT2D eigenvalue weighted by Crippen LogP contribution is 2.19. The van der Waals surface area contributed by atoms with E-state index in [2.05, 4.69) is 51.3 Å². The van der Waals surface area contributed by atoms with Crippen LogP contribution in [0.25, 0.3) is 0 Å². The molecule has 8 nitrogen and oxygen atoms in total. The van der Waals surface area contributed by atoms with Crippen molar-refractivity contribution in [3.63, 3.8) is 0 Å². The molecule has 0 unspecified atom stereocenters. The Bertz CT molecular complexity index is 475. The van der Waals surface area contributed by atoms with Gasteiger partial charge in [-0.05, 0) is 15.9 Å². The van der Waals surface area contributed by atoms with Crippen LogP contribution in [0, 0.1) is 0 Å². The molecule has 0 aliphatic carbocycles. The molecular weight excluding hydrogens is 290 g/mol. The van der Waals surface area contributed by atoms with E-state index in [0.717, 1.165) is 4.47 Å². The molecule has 0 amide bonds. The zero-order valence-electron chi connectivity index (χ0n) is 8.72. The number of nitrogens with zero attached hydrogens (tertiary/aromatic N) is 4. The summed E-state index contributed by atoms with van der Waals surface area (Å²) in [5.74, 6) is 6.86. The summed E-state index contributed by atoms with van der Waals surface area (Å²) in [6.07, 6.45) is 3.55. The average Bonchev–Trinajstić information content (AvgIpc) is 2.84. The van der Waals surface area contributed by atoms with Crippen LogP contribution in [-0.2, 0) is 6.42 Å². The minimum atomic E-state index is 0.343. The average molecular weight is 300 g/mol. The third kappa shape index (κ3) is 3.11. The molecule has 2 aromatic rings. The van der Waals surface area contributed by atoms with Crippen LogP contribution >= 0.6 is 15.9 Å². The summed E-state index contributed by atoms with van der Waals surface area (Å²) >= 11 is 3.33. The fourth-order valence-corrected chi connectivity index (χ4v) is 1.49. The van der Waals surface area contributed by atoms with Gasteiger partial charge in [0.05, 0.1) is 4.47 Å². The van der Waals surface area contributed by atoms with Crippen LogP contribution in [0.2, 0.25) is 0 Å². The Morgan fingerprint density at radius 3 is 3.00 bits per heavy atom. The number of aromatic nitrogens is 4. The molecule has 17 heavy (non-hydrogen) atoms. The largest absolute Gasteiger partial charge is 0.369 e. The van der Waals surface area contributed by atoms with Gasteiger partial charge in [-0.2, -0.15) is 9.97 Å². The third-order valence-corrected chi connectivity index (χ3v) is 2.50. The van der Waals surface area contributed by atoms with E-state index in [1.165, 1.54) is 6.39 Å². The van der Waals surface area contributed by atoms with Crippen LogP contribution in [-0.4, -0.2) is 26.7 Å². The van der Waals surface area contributed by atoms with Crippen molar-refractivity contribution in [1.82, 2.24) is 20.1 Å². The maximum Gasteiger partial charge on any atom is 0.239 e. The summed E-state index contributed by atoms with van der Waals surface area (Å²) in [4.78, 5) is 12.0. The second-order valence-corrected chi connectivity index (χ2v) is 3.91. The highest BCUT2D eigenvalue weighted by molar-refractivity contribution is 9.10. The summed E-state index contributed by atoms with van der Waals surface area (Å²) in [6, 6.07) is 0. The van der Waals surface area contributed by atoms with Gasteiger partial charge in [-0.3, -0.25) is 5.43 Å². The van der Waals surface area contributed by atoms with Gasteiger partial charge in [-0.15, -0.1) is 0 Å². The maximum atomic E-state index is 5.22. The van der Waals surface area contributed by atoms with E-state index in [1.807, 2.05) is 0 Å². The standard InChI is InChI=1S/C8H10BrN7O/c9-5-3-12-8(15-10)14-7(5)11-2-1-6-13-4-17-16-6/h3-4H,1-2,10H2,(H2,11,12,14,15). The molecule has 0 atom stereocenters. The van der Waals surface area contributed by atoms with Crippen molar-refractivity contribution in [3.05, 3.63) is 22.9 Å². The number of nitrogen functional groups attached to an aromatic ring is 1. The van der Waals surface area contributed by atoms with Crippen molar-refractivity contribution < 1.29 is 4.52 Å². The van der Waals surface area contributed by atoms with Crippen molar-refractivity contribution in [2.75, 3.05) is 17.3 Å². The Balaban J connectivity index is 1.94. The quantitative estimate of drug-likeness (QED) is 0.542. The van der Waals surface area contributed by atoms with Crippen molar-refractivity contribution in [2.45, 2.75) is 6.42 Å². The predicted molar refractivity (Wildman–Crippen MR) is 64.0 cm³/mol. The van der Waals surface area contributed by atoms with Crippen LogP contribution in [0.3, 0.4) is 0 Å². The van der Waals surface area contributed by atoms with E-state index >= 15 is 0 Å². The van der Waals surface area contributed by atoms with Crippen molar-refractivity contribution in [1.29, 1.82) is 0 Å². The van der Waals surface area contributed by atoms with Gasteiger partial charge in [0.1, 0.15) is 5.82 Å². The Hall–Kier alpha value is -1.74. The number of rotatable bonds is 5. The molecule has 0 bridgehead atoms. The molecule has 0 radical (unpaired) electrons. The van der Waals surface area contributed by atoms with E-state index < -0.39 is 0 Å².